The van der Waals surface area contributed by atoms with Gasteiger partial charge in [-0.1, -0.05) is 13.0 Å². The van der Waals surface area contributed by atoms with Crippen LogP contribution in [0.2, 0.25) is 0 Å². The minimum atomic E-state index is 0.0335. The zero-order valence-electron chi connectivity index (χ0n) is 12.8. The third-order valence-electron chi connectivity index (χ3n) is 4.26. The average molecular weight is 318 g/mol. The first kappa shape index (κ1) is 15.1. The summed E-state index contributed by atoms with van der Waals surface area (Å²) in [6.45, 7) is 2.91. The summed E-state index contributed by atoms with van der Waals surface area (Å²) < 4.78 is 0. The second-order valence-corrected chi connectivity index (χ2v) is 6.64. The van der Waals surface area contributed by atoms with Crippen LogP contribution in [0.1, 0.15) is 55.1 Å². The van der Waals surface area contributed by atoms with Crippen LogP contribution in [0.5, 0.6) is 0 Å². The Morgan fingerprint density at radius 3 is 3.18 bits per heavy atom. The standard InChI is InChI=1S/C16H22N4OS/c1-2-13(15-7-5-9-22-15)19-16(21)20-8-4-3-6-14(20)12-10-17-18-11-12/h5,7,9-11,13-14H,2-4,6,8H2,1H3,(H,17,18)(H,19,21). The zero-order valence-corrected chi connectivity index (χ0v) is 13.6. The van der Waals surface area contributed by atoms with Gasteiger partial charge in [0.15, 0.2) is 0 Å². The van der Waals surface area contributed by atoms with Crippen LogP contribution >= 0.6 is 11.3 Å². The van der Waals surface area contributed by atoms with Crippen molar-refractivity contribution < 1.29 is 4.79 Å². The van der Waals surface area contributed by atoms with Crippen LogP contribution in [0.3, 0.4) is 0 Å². The molecule has 2 amide bonds. The van der Waals surface area contributed by atoms with E-state index in [1.54, 1.807) is 11.3 Å². The number of rotatable bonds is 4. The molecule has 6 heteroatoms. The number of thiophene rings is 1. The quantitative estimate of drug-likeness (QED) is 0.899. The normalized spacial score (nSPS) is 19.9. The van der Waals surface area contributed by atoms with Crippen LogP contribution in [-0.2, 0) is 0 Å². The zero-order chi connectivity index (χ0) is 15.4. The number of urea groups is 1. The molecule has 3 rings (SSSR count). The molecule has 0 bridgehead atoms. The lowest BCUT2D eigenvalue weighted by atomic mass is 9.98. The first-order chi connectivity index (χ1) is 10.8. The number of aromatic amines is 1. The van der Waals surface area contributed by atoms with Gasteiger partial charge in [0.1, 0.15) is 0 Å². The van der Waals surface area contributed by atoms with Crippen molar-refractivity contribution in [2.45, 2.75) is 44.7 Å². The van der Waals surface area contributed by atoms with E-state index in [0.717, 1.165) is 37.8 Å². The van der Waals surface area contributed by atoms with Crippen molar-refractivity contribution in [3.8, 4) is 0 Å². The first-order valence-corrected chi connectivity index (χ1v) is 8.76. The van der Waals surface area contributed by atoms with Crippen LogP contribution in [0, 0.1) is 0 Å². The number of carbonyl (C=O) groups excluding carboxylic acids is 1. The molecular weight excluding hydrogens is 296 g/mol. The third-order valence-corrected chi connectivity index (χ3v) is 5.25. The molecule has 22 heavy (non-hydrogen) atoms. The van der Waals surface area contributed by atoms with E-state index in [2.05, 4.69) is 33.9 Å². The summed E-state index contributed by atoms with van der Waals surface area (Å²) in [6, 6.07) is 4.38. The van der Waals surface area contributed by atoms with Crippen molar-refractivity contribution in [2.24, 2.45) is 0 Å². The van der Waals surface area contributed by atoms with Crippen LogP contribution in [0.4, 0.5) is 4.79 Å². The number of amides is 2. The Balaban J connectivity index is 1.72. The van der Waals surface area contributed by atoms with Crippen molar-refractivity contribution in [2.75, 3.05) is 6.54 Å². The largest absolute Gasteiger partial charge is 0.330 e. The van der Waals surface area contributed by atoms with Gasteiger partial charge in [-0.3, -0.25) is 5.10 Å². The molecule has 118 valence electrons. The molecule has 2 aromatic heterocycles. The van der Waals surface area contributed by atoms with Gasteiger partial charge in [-0.25, -0.2) is 4.79 Å². The van der Waals surface area contributed by atoms with E-state index in [9.17, 15) is 4.79 Å². The maximum absolute atomic E-state index is 12.8. The summed E-state index contributed by atoms with van der Waals surface area (Å²) in [5, 5.41) is 12.1. The highest BCUT2D eigenvalue weighted by Gasteiger charge is 2.29. The highest BCUT2D eigenvalue weighted by molar-refractivity contribution is 7.10. The monoisotopic (exact) mass is 318 g/mol. The Labute approximate surface area is 134 Å². The minimum Gasteiger partial charge on any atom is -0.330 e. The molecule has 0 aliphatic carbocycles. The van der Waals surface area contributed by atoms with Gasteiger partial charge in [-0.2, -0.15) is 5.10 Å². The number of H-pyrrole nitrogens is 1. The van der Waals surface area contributed by atoms with E-state index in [4.69, 9.17) is 0 Å². The van der Waals surface area contributed by atoms with Gasteiger partial charge in [0, 0.05) is 23.2 Å². The number of likely N-dealkylation sites (tertiary alicyclic amines) is 1. The Hall–Kier alpha value is -1.82. The molecule has 1 aliphatic heterocycles. The number of hydrogen-bond donors (Lipinski definition) is 2. The van der Waals surface area contributed by atoms with Gasteiger partial charge in [-0.15, -0.1) is 11.3 Å². The molecular formula is C16H22N4OS. The molecule has 1 fully saturated rings. The number of hydrogen-bond acceptors (Lipinski definition) is 3. The SMILES string of the molecule is CCC(NC(=O)N1CCCCC1c1cn[nH]c1)c1cccs1. The summed E-state index contributed by atoms with van der Waals surface area (Å²) >= 11 is 1.69. The predicted molar refractivity (Wildman–Crippen MR) is 87.8 cm³/mol. The molecule has 2 aromatic rings. The van der Waals surface area contributed by atoms with E-state index in [-0.39, 0.29) is 18.1 Å². The molecule has 2 atom stereocenters. The van der Waals surface area contributed by atoms with Crippen LogP contribution in [0.25, 0.3) is 0 Å². The number of carbonyl (C=O) groups is 1. The molecule has 2 unspecified atom stereocenters. The number of nitrogens with one attached hydrogen (secondary N) is 2. The Bertz CT molecular complexity index is 581. The Morgan fingerprint density at radius 1 is 1.59 bits per heavy atom. The minimum absolute atomic E-state index is 0.0335. The fourth-order valence-corrected chi connectivity index (χ4v) is 3.92. The van der Waals surface area contributed by atoms with E-state index >= 15 is 0 Å². The van der Waals surface area contributed by atoms with Crippen molar-refractivity contribution in [1.82, 2.24) is 20.4 Å². The topological polar surface area (TPSA) is 61.0 Å². The lowest BCUT2D eigenvalue weighted by Gasteiger charge is -2.36. The van der Waals surface area contributed by atoms with Gasteiger partial charge in [0.25, 0.3) is 0 Å². The molecule has 1 saturated heterocycles. The summed E-state index contributed by atoms with van der Waals surface area (Å²) in [7, 11) is 0. The van der Waals surface area contributed by atoms with Gasteiger partial charge in [0.05, 0.1) is 18.3 Å². The van der Waals surface area contributed by atoms with Crippen LogP contribution in [-0.4, -0.2) is 27.7 Å². The molecule has 1 aliphatic rings. The smallest absolute Gasteiger partial charge is 0.318 e. The summed E-state index contributed by atoms with van der Waals surface area (Å²) in [5.41, 5.74) is 1.10. The molecule has 0 radical (unpaired) electrons. The highest BCUT2D eigenvalue weighted by Crippen LogP contribution is 2.31. The molecule has 5 nitrogen and oxygen atoms in total. The average Bonchev–Trinajstić information content (AvgIpc) is 3.25. The van der Waals surface area contributed by atoms with Gasteiger partial charge in [-0.05, 0) is 37.1 Å². The summed E-state index contributed by atoms with van der Waals surface area (Å²) in [4.78, 5) is 15.9. The molecule has 0 spiro atoms. The Morgan fingerprint density at radius 2 is 2.50 bits per heavy atom. The number of aromatic nitrogens is 2. The first-order valence-electron chi connectivity index (χ1n) is 7.88. The second-order valence-electron chi connectivity index (χ2n) is 5.66. The van der Waals surface area contributed by atoms with Crippen molar-refractivity contribution in [3.05, 3.63) is 40.3 Å². The molecule has 2 N–H and O–H groups in total. The van der Waals surface area contributed by atoms with Crippen molar-refractivity contribution >= 4 is 17.4 Å². The summed E-state index contributed by atoms with van der Waals surface area (Å²) in [6.07, 6.45) is 7.85. The van der Waals surface area contributed by atoms with E-state index < -0.39 is 0 Å². The second kappa shape index (κ2) is 6.96. The third kappa shape index (κ3) is 3.16. The maximum atomic E-state index is 12.8. The van der Waals surface area contributed by atoms with E-state index in [1.807, 2.05) is 23.4 Å². The lowest BCUT2D eigenvalue weighted by molar-refractivity contribution is 0.148. The van der Waals surface area contributed by atoms with Gasteiger partial charge >= 0.3 is 6.03 Å². The van der Waals surface area contributed by atoms with Crippen molar-refractivity contribution in [1.29, 1.82) is 0 Å². The van der Waals surface area contributed by atoms with Crippen molar-refractivity contribution in [3.63, 3.8) is 0 Å². The molecule has 0 aromatic carbocycles. The summed E-state index contributed by atoms with van der Waals surface area (Å²) in [5.74, 6) is 0. The fraction of sp³-hybridized carbons (Fsp3) is 0.500. The van der Waals surface area contributed by atoms with E-state index in [0.29, 0.717) is 0 Å². The maximum Gasteiger partial charge on any atom is 0.318 e. The van der Waals surface area contributed by atoms with Crippen LogP contribution < -0.4 is 5.32 Å². The lowest BCUT2D eigenvalue weighted by Crippen LogP contribution is -2.45. The van der Waals surface area contributed by atoms with Crippen LogP contribution in [0.15, 0.2) is 29.9 Å². The Kier molecular flexibility index (Phi) is 4.77. The van der Waals surface area contributed by atoms with Gasteiger partial charge < -0.3 is 10.2 Å². The number of nitrogens with zero attached hydrogens (tertiary/aromatic N) is 2. The fourth-order valence-electron chi connectivity index (χ4n) is 3.06. The molecule has 3 heterocycles. The predicted octanol–water partition coefficient (Wildman–Crippen LogP) is 3.86. The highest BCUT2D eigenvalue weighted by atomic mass is 32.1. The molecule has 0 saturated carbocycles. The van der Waals surface area contributed by atoms with Gasteiger partial charge in [0.2, 0.25) is 0 Å². The number of piperidine rings is 1. The van der Waals surface area contributed by atoms with E-state index in [1.165, 1.54) is 4.88 Å².